The van der Waals surface area contributed by atoms with Crippen molar-refractivity contribution in [2.24, 2.45) is 0 Å². The van der Waals surface area contributed by atoms with E-state index in [1.165, 1.54) is 29.5 Å². The third-order valence-corrected chi connectivity index (χ3v) is 5.02. The van der Waals surface area contributed by atoms with Gasteiger partial charge in [0.1, 0.15) is 10.0 Å². The molecule has 21 heavy (non-hydrogen) atoms. The number of benzene rings is 1. The first-order valence-electron chi connectivity index (χ1n) is 5.95. The van der Waals surface area contributed by atoms with Crippen molar-refractivity contribution >= 4 is 32.4 Å². The summed E-state index contributed by atoms with van der Waals surface area (Å²) in [5.41, 5.74) is 0.616. The Kier molecular flexibility index (Phi) is 3.35. The molecule has 0 amide bonds. The number of nitrogens with zero attached hydrogens (tertiary/aromatic N) is 2. The van der Waals surface area contributed by atoms with E-state index in [4.69, 9.17) is 0 Å². The molecule has 2 aromatic heterocycles. The standard InChI is InChI=1S/C11H11N5O3S2/c1-6-15-16-10(20-6)5-12-21(18,19)7-2-3-8-9(4-7)14-11(17)13-8/h2-4,12H,5H2,1H3,(H2,13,14,17). The SMILES string of the molecule is Cc1nnc(CNS(=O)(=O)c2ccc3[nH]c(=O)[nH]c3c2)s1. The number of rotatable bonds is 4. The first kappa shape index (κ1) is 13.9. The van der Waals surface area contributed by atoms with Gasteiger partial charge in [-0.2, -0.15) is 0 Å². The molecular formula is C11H11N5O3S2. The van der Waals surface area contributed by atoms with Gasteiger partial charge in [-0.25, -0.2) is 17.9 Å². The van der Waals surface area contributed by atoms with Gasteiger partial charge in [0.05, 0.1) is 22.5 Å². The maximum Gasteiger partial charge on any atom is 0.323 e. The van der Waals surface area contributed by atoms with Gasteiger partial charge in [0.15, 0.2) is 0 Å². The van der Waals surface area contributed by atoms with Crippen LogP contribution in [-0.2, 0) is 16.6 Å². The van der Waals surface area contributed by atoms with E-state index in [1.54, 1.807) is 6.92 Å². The summed E-state index contributed by atoms with van der Waals surface area (Å²) < 4.78 is 26.9. The number of hydrogen-bond acceptors (Lipinski definition) is 6. The quantitative estimate of drug-likeness (QED) is 0.645. The first-order valence-corrected chi connectivity index (χ1v) is 8.25. The molecule has 0 aliphatic rings. The van der Waals surface area contributed by atoms with E-state index in [-0.39, 0.29) is 17.1 Å². The Labute approximate surface area is 123 Å². The van der Waals surface area contributed by atoms with E-state index in [9.17, 15) is 13.2 Å². The highest BCUT2D eigenvalue weighted by molar-refractivity contribution is 7.89. The summed E-state index contributed by atoms with van der Waals surface area (Å²) in [4.78, 5) is 16.3. The van der Waals surface area contributed by atoms with Crippen LogP contribution in [0.25, 0.3) is 11.0 Å². The molecule has 0 saturated carbocycles. The predicted octanol–water partition coefficient (Wildman–Crippen LogP) is 0.495. The molecule has 0 aliphatic heterocycles. The second-order valence-electron chi connectivity index (χ2n) is 4.33. The molecule has 3 rings (SSSR count). The van der Waals surface area contributed by atoms with Crippen LogP contribution in [0, 0.1) is 6.92 Å². The van der Waals surface area contributed by atoms with Gasteiger partial charge in [0.25, 0.3) is 0 Å². The minimum absolute atomic E-state index is 0.0755. The third-order valence-electron chi connectivity index (χ3n) is 2.78. The topological polar surface area (TPSA) is 121 Å². The molecule has 0 aliphatic carbocycles. The highest BCUT2D eigenvalue weighted by Crippen LogP contribution is 2.16. The maximum absolute atomic E-state index is 12.2. The molecule has 0 saturated heterocycles. The number of imidazole rings is 1. The highest BCUT2D eigenvalue weighted by atomic mass is 32.2. The van der Waals surface area contributed by atoms with E-state index in [0.717, 1.165) is 5.01 Å². The Morgan fingerprint density at radius 1 is 1.24 bits per heavy atom. The molecule has 3 N–H and O–H groups in total. The van der Waals surface area contributed by atoms with Gasteiger partial charge in [0.2, 0.25) is 10.0 Å². The maximum atomic E-state index is 12.2. The minimum Gasteiger partial charge on any atom is -0.306 e. The number of sulfonamides is 1. The molecular weight excluding hydrogens is 314 g/mol. The van der Waals surface area contributed by atoms with E-state index in [2.05, 4.69) is 24.9 Å². The van der Waals surface area contributed by atoms with Gasteiger partial charge in [-0.05, 0) is 25.1 Å². The Balaban J connectivity index is 1.86. The van der Waals surface area contributed by atoms with Crippen LogP contribution < -0.4 is 10.4 Å². The zero-order chi connectivity index (χ0) is 15.0. The molecule has 3 aromatic rings. The van der Waals surface area contributed by atoms with Gasteiger partial charge in [-0.15, -0.1) is 21.5 Å². The van der Waals surface area contributed by atoms with E-state index >= 15 is 0 Å². The van der Waals surface area contributed by atoms with Gasteiger partial charge in [0, 0.05) is 0 Å². The fourth-order valence-electron chi connectivity index (χ4n) is 1.83. The molecule has 0 atom stereocenters. The molecule has 1 aromatic carbocycles. The van der Waals surface area contributed by atoms with E-state index in [1.807, 2.05) is 0 Å². The van der Waals surface area contributed by atoms with E-state index < -0.39 is 10.0 Å². The number of fused-ring (bicyclic) bond motifs is 1. The molecule has 10 heteroatoms. The van der Waals surface area contributed by atoms with Gasteiger partial charge in [-0.3, -0.25) is 0 Å². The highest BCUT2D eigenvalue weighted by Gasteiger charge is 2.16. The summed E-state index contributed by atoms with van der Waals surface area (Å²) >= 11 is 1.33. The number of aryl methyl sites for hydroxylation is 1. The van der Waals surface area contributed by atoms with Crippen LogP contribution in [0.4, 0.5) is 0 Å². The number of hydrogen-bond donors (Lipinski definition) is 3. The normalized spacial score (nSPS) is 12.0. The van der Waals surface area contributed by atoms with Crippen molar-refractivity contribution in [3.05, 3.63) is 38.7 Å². The lowest BCUT2D eigenvalue weighted by atomic mass is 10.3. The second kappa shape index (κ2) is 5.06. The monoisotopic (exact) mass is 325 g/mol. The lowest BCUT2D eigenvalue weighted by Gasteiger charge is -2.04. The van der Waals surface area contributed by atoms with Crippen LogP contribution in [-0.4, -0.2) is 28.6 Å². The van der Waals surface area contributed by atoms with Crippen molar-refractivity contribution in [1.82, 2.24) is 24.9 Å². The smallest absolute Gasteiger partial charge is 0.306 e. The summed E-state index contributed by atoms with van der Waals surface area (Å²) in [7, 11) is -3.68. The fourth-order valence-corrected chi connectivity index (χ4v) is 3.58. The number of nitrogens with one attached hydrogen (secondary N) is 3. The Hall–Kier alpha value is -2.04. The van der Waals surface area contributed by atoms with Gasteiger partial charge >= 0.3 is 5.69 Å². The minimum atomic E-state index is -3.68. The first-order chi connectivity index (χ1) is 9.94. The van der Waals surface area contributed by atoms with Crippen LogP contribution in [0.5, 0.6) is 0 Å². The summed E-state index contributed by atoms with van der Waals surface area (Å²) in [6.45, 7) is 1.88. The van der Waals surface area contributed by atoms with Crippen molar-refractivity contribution in [3.63, 3.8) is 0 Å². The summed E-state index contributed by atoms with van der Waals surface area (Å²) in [5.74, 6) is 0. The Bertz CT molecular complexity index is 954. The van der Waals surface area contributed by atoms with Crippen LogP contribution in [0.3, 0.4) is 0 Å². The molecule has 2 heterocycles. The van der Waals surface area contributed by atoms with Crippen LogP contribution >= 0.6 is 11.3 Å². The molecule has 0 fully saturated rings. The molecule has 0 bridgehead atoms. The zero-order valence-electron chi connectivity index (χ0n) is 10.9. The molecule has 0 unspecified atom stereocenters. The lowest BCUT2D eigenvalue weighted by molar-refractivity contribution is 0.581. The van der Waals surface area contributed by atoms with Crippen LogP contribution in [0.2, 0.25) is 0 Å². The average molecular weight is 325 g/mol. The number of H-pyrrole nitrogens is 2. The predicted molar refractivity (Wildman–Crippen MR) is 77.6 cm³/mol. The molecule has 0 spiro atoms. The van der Waals surface area contributed by atoms with E-state index in [0.29, 0.717) is 16.0 Å². The molecule has 8 nitrogen and oxygen atoms in total. The van der Waals surface area contributed by atoms with Crippen LogP contribution in [0.1, 0.15) is 10.0 Å². The molecule has 0 radical (unpaired) electrons. The van der Waals surface area contributed by atoms with Crippen molar-refractivity contribution in [3.8, 4) is 0 Å². The summed E-state index contributed by atoms with van der Waals surface area (Å²) in [5, 5.41) is 9.04. The number of aromatic amines is 2. The van der Waals surface area contributed by atoms with Gasteiger partial charge < -0.3 is 9.97 Å². The van der Waals surface area contributed by atoms with Crippen molar-refractivity contribution in [2.75, 3.05) is 0 Å². The Morgan fingerprint density at radius 3 is 2.71 bits per heavy atom. The fraction of sp³-hybridized carbons (Fsp3) is 0.182. The number of aromatic nitrogens is 4. The molecule has 110 valence electrons. The largest absolute Gasteiger partial charge is 0.323 e. The third kappa shape index (κ3) is 2.86. The van der Waals surface area contributed by atoms with Gasteiger partial charge in [-0.1, -0.05) is 0 Å². The van der Waals surface area contributed by atoms with Crippen molar-refractivity contribution in [2.45, 2.75) is 18.4 Å². The summed E-state index contributed by atoms with van der Waals surface area (Å²) in [6.07, 6.45) is 0. The van der Waals surface area contributed by atoms with Crippen molar-refractivity contribution in [1.29, 1.82) is 0 Å². The second-order valence-corrected chi connectivity index (χ2v) is 7.36. The summed E-state index contributed by atoms with van der Waals surface area (Å²) in [6, 6.07) is 4.37. The average Bonchev–Trinajstić information content (AvgIpc) is 3.00. The lowest BCUT2D eigenvalue weighted by Crippen LogP contribution is -2.23. The zero-order valence-corrected chi connectivity index (χ0v) is 12.5. The van der Waals surface area contributed by atoms with Crippen LogP contribution in [0.15, 0.2) is 27.9 Å². The van der Waals surface area contributed by atoms with Crippen molar-refractivity contribution < 1.29 is 8.42 Å². The Morgan fingerprint density at radius 2 is 2.00 bits per heavy atom.